The monoisotopic (exact) mass is 520 g/mol. The summed E-state index contributed by atoms with van der Waals surface area (Å²) in [5, 5.41) is 4.82. The standard InChI is InChI=1S/C25H28N8O3S/c1-6-20(34)33-11-9-32(10-12-33)16-7-8-17(19(13-16)36-5)28-25-26-14-18-22(29-25)31(4)24-21(23(35)30(18)3)27-15(2)37-24/h6-8,13-14H,1,9-12H2,2-5H3,(H,26,28,29). The highest BCUT2D eigenvalue weighted by molar-refractivity contribution is 7.16. The fourth-order valence-corrected chi connectivity index (χ4v) is 5.34. The molecule has 0 radical (unpaired) electrons. The number of carbonyl (C=O) groups is 2. The normalized spacial score (nSPS) is 15.2. The molecule has 1 N–H and O–H groups in total. The van der Waals surface area contributed by atoms with E-state index in [0.29, 0.717) is 47.7 Å². The molecule has 0 atom stereocenters. The number of piperazine rings is 1. The van der Waals surface area contributed by atoms with Crippen molar-refractivity contribution in [3.8, 4) is 5.75 Å². The fraction of sp³-hybridized carbons (Fsp3) is 0.320. The lowest BCUT2D eigenvalue weighted by Gasteiger charge is -2.35. The van der Waals surface area contributed by atoms with E-state index in [0.717, 1.165) is 28.8 Å². The van der Waals surface area contributed by atoms with Gasteiger partial charge in [0.2, 0.25) is 11.9 Å². The highest BCUT2D eigenvalue weighted by Crippen LogP contribution is 2.41. The van der Waals surface area contributed by atoms with Gasteiger partial charge in [-0.2, -0.15) is 4.98 Å². The summed E-state index contributed by atoms with van der Waals surface area (Å²) in [4.78, 5) is 45.9. The zero-order chi connectivity index (χ0) is 26.3. The van der Waals surface area contributed by atoms with Crippen LogP contribution in [0.3, 0.4) is 0 Å². The molecular formula is C25H28N8O3S. The molecule has 11 nitrogen and oxygen atoms in total. The Morgan fingerprint density at radius 3 is 2.62 bits per heavy atom. The van der Waals surface area contributed by atoms with Crippen LogP contribution in [0.2, 0.25) is 0 Å². The van der Waals surface area contributed by atoms with Gasteiger partial charge in [0.1, 0.15) is 16.4 Å². The SMILES string of the molecule is C=CC(=O)N1CCN(c2ccc(Nc3ncc4c(n3)N(C)c3sc(C)nc3C(=O)N4C)c(OC)c2)CC1. The van der Waals surface area contributed by atoms with E-state index in [-0.39, 0.29) is 11.8 Å². The maximum Gasteiger partial charge on any atom is 0.279 e. The number of ether oxygens (including phenoxy) is 1. The molecule has 0 bridgehead atoms. The van der Waals surface area contributed by atoms with Gasteiger partial charge in [-0.25, -0.2) is 9.97 Å². The lowest BCUT2D eigenvalue weighted by molar-refractivity contribution is -0.126. The molecule has 1 fully saturated rings. The fourth-order valence-electron chi connectivity index (χ4n) is 4.47. The number of rotatable bonds is 5. The molecule has 5 rings (SSSR count). The number of amides is 2. The number of methoxy groups -OCH3 is 1. The van der Waals surface area contributed by atoms with Crippen LogP contribution in [0, 0.1) is 6.92 Å². The van der Waals surface area contributed by atoms with Crippen molar-refractivity contribution in [2.45, 2.75) is 6.92 Å². The summed E-state index contributed by atoms with van der Waals surface area (Å²) in [7, 11) is 5.19. The number of benzene rings is 1. The molecule has 0 aliphatic carbocycles. The Morgan fingerprint density at radius 1 is 1.16 bits per heavy atom. The molecule has 2 aromatic heterocycles. The van der Waals surface area contributed by atoms with Crippen LogP contribution in [-0.4, -0.2) is 79.1 Å². The van der Waals surface area contributed by atoms with Crippen molar-refractivity contribution in [3.63, 3.8) is 0 Å². The average Bonchev–Trinajstić information content (AvgIpc) is 3.30. The molecule has 0 spiro atoms. The van der Waals surface area contributed by atoms with Gasteiger partial charge in [0.15, 0.2) is 11.5 Å². The van der Waals surface area contributed by atoms with Crippen LogP contribution in [-0.2, 0) is 4.79 Å². The van der Waals surface area contributed by atoms with Gasteiger partial charge in [-0.15, -0.1) is 11.3 Å². The van der Waals surface area contributed by atoms with E-state index in [2.05, 4.69) is 26.8 Å². The maximum absolute atomic E-state index is 13.0. The van der Waals surface area contributed by atoms with Gasteiger partial charge < -0.3 is 29.7 Å². The molecule has 2 amide bonds. The number of nitrogens with zero attached hydrogens (tertiary/aromatic N) is 7. The highest BCUT2D eigenvalue weighted by atomic mass is 32.1. The Kier molecular flexibility index (Phi) is 6.42. The Labute approximate surface area is 219 Å². The third-order valence-corrected chi connectivity index (χ3v) is 7.57. The second kappa shape index (κ2) is 9.69. The van der Waals surface area contributed by atoms with Crippen molar-refractivity contribution in [3.05, 3.63) is 47.8 Å². The minimum Gasteiger partial charge on any atom is -0.494 e. The van der Waals surface area contributed by atoms with Gasteiger partial charge in [-0.1, -0.05) is 6.58 Å². The van der Waals surface area contributed by atoms with E-state index >= 15 is 0 Å². The first-order valence-electron chi connectivity index (χ1n) is 11.8. The molecule has 37 heavy (non-hydrogen) atoms. The first-order chi connectivity index (χ1) is 17.8. The van der Waals surface area contributed by atoms with Crippen LogP contribution >= 0.6 is 11.3 Å². The number of anilines is 6. The average molecular weight is 521 g/mol. The molecule has 1 aromatic carbocycles. The Morgan fingerprint density at radius 2 is 1.92 bits per heavy atom. The van der Waals surface area contributed by atoms with Gasteiger partial charge in [0.25, 0.3) is 5.91 Å². The van der Waals surface area contributed by atoms with Crippen molar-refractivity contribution < 1.29 is 14.3 Å². The van der Waals surface area contributed by atoms with Crippen molar-refractivity contribution in [1.29, 1.82) is 0 Å². The molecule has 12 heteroatoms. The zero-order valence-corrected chi connectivity index (χ0v) is 22.0. The van der Waals surface area contributed by atoms with Gasteiger partial charge in [-0.3, -0.25) is 9.59 Å². The summed E-state index contributed by atoms with van der Waals surface area (Å²) in [5.41, 5.74) is 2.72. The minimum atomic E-state index is -0.193. The van der Waals surface area contributed by atoms with Crippen LogP contribution < -0.4 is 24.8 Å². The number of aryl methyl sites for hydroxylation is 1. The summed E-state index contributed by atoms with van der Waals surface area (Å²) >= 11 is 1.45. The number of thiazole rings is 1. The third-order valence-electron chi connectivity index (χ3n) is 6.52. The Balaban J connectivity index is 1.39. The molecule has 2 aliphatic heterocycles. The van der Waals surface area contributed by atoms with Crippen LogP contribution in [0.5, 0.6) is 5.75 Å². The van der Waals surface area contributed by atoms with E-state index < -0.39 is 0 Å². The van der Waals surface area contributed by atoms with Crippen LogP contribution in [0.15, 0.2) is 37.1 Å². The lowest BCUT2D eigenvalue weighted by atomic mass is 10.2. The molecule has 0 unspecified atom stereocenters. The van der Waals surface area contributed by atoms with Crippen LogP contribution in [0.1, 0.15) is 15.5 Å². The largest absolute Gasteiger partial charge is 0.494 e. The van der Waals surface area contributed by atoms with Crippen LogP contribution in [0.25, 0.3) is 0 Å². The number of nitrogens with one attached hydrogen (secondary N) is 1. The second-order valence-electron chi connectivity index (χ2n) is 8.74. The van der Waals surface area contributed by atoms with E-state index in [9.17, 15) is 9.59 Å². The van der Waals surface area contributed by atoms with Gasteiger partial charge >= 0.3 is 0 Å². The van der Waals surface area contributed by atoms with Crippen molar-refractivity contribution >= 4 is 57.0 Å². The number of carbonyl (C=O) groups excluding carboxylic acids is 2. The predicted octanol–water partition coefficient (Wildman–Crippen LogP) is 3.19. The number of fused-ring (bicyclic) bond motifs is 2. The van der Waals surface area contributed by atoms with Gasteiger partial charge in [0.05, 0.1) is 24.0 Å². The first kappa shape index (κ1) is 24.5. The highest BCUT2D eigenvalue weighted by Gasteiger charge is 2.32. The van der Waals surface area contributed by atoms with E-state index in [4.69, 9.17) is 9.72 Å². The molecule has 192 valence electrons. The van der Waals surface area contributed by atoms with Crippen molar-refractivity contribution in [2.75, 3.05) is 67.4 Å². The smallest absolute Gasteiger partial charge is 0.279 e. The quantitative estimate of drug-likeness (QED) is 0.508. The third kappa shape index (κ3) is 4.44. The molecular weight excluding hydrogens is 492 g/mol. The molecule has 4 heterocycles. The van der Waals surface area contributed by atoms with Crippen LogP contribution in [0.4, 0.5) is 33.8 Å². The maximum atomic E-state index is 13.0. The summed E-state index contributed by atoms with van der Waals surface area (Å²) in [6, 6.07) is 5.89. The zero-order valence-electron chi connectivity index (χ0n) is 21.2. The minimum absolute atomic E-state index is 0.0413. The molecule has 3 aromatic rings. The topological polar surface area (TPSA) is 107 Å². The molecule has 2 aliphatic rings. The number of hydrogen-bond acceptors (Lipinski definition) is 10. The Hall–Kier alpha value is -4.19. The predicted molar refractivity (Wildman–Crippen MR) is 145 cm³/mol. The van der Waals surface area contributed by atoms with Crippen molar-refractivity contribution in [1.82, 2.24) is 19.9 Å². The van der Waals surface area contributed by atoms with Gasteiger partial charge in [-0.05, 0) is 25.1 Å². The molecule has 0 saturated carbocycles. The summed E-state index contributed by atoms with van der Waals surface area (Å²) in [6.45, 7) is 8.18. The van der Waals surface area contributed by atoms with Gasteiger partial charge in [0, 0.05) is 52.0 Å². The van der Waals surface area contributed by atoms with E-state index in [1.54, 1.807) is 25.3 Å². The Bertz CT molecular complexity index is 1380. The molecule has 1 saturated heterocycles. The van der Waals surface area contributed by atoms with Crippen molar-refractivity contribution in [2.24, 2.45) is 0 Å². The second-order valence-corrected chi connectivity index (χ2v) is 9.92. The summed E-state index contributed by atoms with van der Waals surface area (Å²) in [6.07, 6.45) is 2.99. The summed E-state index contributed by atoms with van der Waals surface area (Å²) in [5.74, 6) is 1.38. The number of aromatic nitrogens is 3. The first-order valence-corrected chi connectivity index (χ1v) is 12.6. The van der Waals surface area contributed by atoms with E-state index in [1.807, 2.05) is 37.1 Å². The number of hydrogen-bond donors (Lipinski definition) is 1. The summed E-state index contributed by atoms with van der Waals surface area (Å²) < 4.78 is 5.67. The lowest BCUT2D eigenvalue weighted by Crippen LogP contribution is -2.48. The van der Waals surface area contributed by atoms with E-state index in [1.165, 1.54) is 22.3 Å².